The summed E-state index contributed by atoms with van der Waals surface area (Å²) in [6, 6.07) is 11.0. The lowest BCUT2D eigenvalue weighted by atomic mass is 10.0. The van der Waals surface area contributed by atoms with Crippen molar-refractivity contribution in [3.05, 3.63) is 63.6 Å². The predicted molar refractivity (Wildman–Crippen MR) is 78.2 cm³/mol. The van der Waals surface area contributed by atoms with Crippen molar-refractivity contribution in [1.29, 1.82) is 0 Å². The maximum atomic E-state index is 12.2. The molecule has 1 atom stereocenters. The molecule has 0 saturated carbocycles. The second-order valence-electron chi connectivity index (χ2n) is 4.42. The Morgan fingerprint density at radius 1 is 1.05 bits per heavy atom. The molecule has 1 unspecified atom stereocenters. The SMILES string of the molecule is OC(Cc1ccc(Cl)c(Cl)c1)c1cccc(OC(F)F)c1. The summed E-state index contributed by atoms with van der Waals surface area (Å²) < 4.78 is 28.6. The minimum absolute atomic E-state index is 0.00990. The van der Waals surface area contributed by atoms with Gasteiger partial charge in [0, 0.05) is 6.42 Å². The van der Waals surface area contributed by atoms with Crippen LogP contribution in [0.1, 0.15) is 17.2 Å². The van der Waals surface area contributed by atoms with Crippen molar-refractivity contribution < 1.29 is 18.6 Å². The molecule has 0 aliphatic carbocycles. The van der Waals surface area contributed by atoms with Crippen LogP contribution >= 0.6 is 23.2 Å². The van der Waals surface area contributed by atoms with Crippen LogP contribution in [0.2, 0.25) is 10.0 Å². The number of aliphatic hydroxyl groups excluding tert-OH is 1. The fraction of sp³-hybridized carbons (Fsp3) is 0.200. The molecule has 0 aromatic heterocycles. The normalized spacial score (nSPS) is 12.5. The second kappa shape index (κ2) is 7.07. The van der Waals surface area contributed by atoms with Gasteiger partial charge in [0.1, 0.15) is 5.75 Å². The first-order valence-electron chi connectivity index (χ1n) is 6.12. The molecule has 0 spiro atoms. The molecule has 0 heterocycles. The molecule has 2 rings (SSSR count). The van der Waals surface area contributed by atoms with Gasteiger partial charge in [-0.3, -0.25) is 0 Å². The number of hydrogen-bond acceptors (Lipinski definition) is 2. The molecule has 0 saturated heterocycles. The highest BCUT2D eigenvalue weighted by atomic mass is 35.5. The van der Waals surface area contributed by atoms with Crippen molar-refractivity contribution in [1.82, 2.24) is 0 Å². The maximum absolute atomic E-state index is 12.2. The van der Waals surface area contributed by atoms with Gasteiger partial charge in [0.25, 0.3) is 0 Å². The Hall–Kier alpha value is -1.36. The molecule has 112 valence electrons. The van der Waals surface area contributed by atoms with E-state index >= 15 is 0 Å². The Kier molecular flexibility index (Phi) is 5.39. The summed E-state index contributed by atoms with van der Waals surface area (Å²) in [4.78, 5) is 0. The van der Waals surface area contributed by atoms with Gasteiger partial charge in [-0.15, -0.1) is 0 Å². The third kappa shape index (κ3) is 4.56. The first-order valence-corrected chi connectivity index (χ1v) is 6.88. The van der Waals surface area contributed by atoms with E-state index in [0.717, 1.165) is 5.56 Å². The zero-order chi connectivity index (χ0) is 15.4. The predicted octanol–water partition coefficient (Wildman–Crippen LogP) is 4.87. The van der Waals surface area contributed by atoms with E-state index in [1.807, 2.05) is 0 Å². The second-order valence-corrected chi connectivity index (χ2v) is 5.23. The van der Waals surface area contributed by atoms with Crippen molar-refractivity contribution in [2.45, 2.75) is 19.1 Å². The van der Waals surface area contributed by atoms with Crippen LogP contribution in [0.5, 0.6) is 5.75 Å². The van der Waals surface area contributed by atoms with Gasteiger partial charge < -0.3 is 9.84 Å². The number of benzene rings is 2. The highest BCUT2D eigenvalue weighted by molar-refractivity contribution is 6.42. The summed E-state index contributed by atoms with van der Waals surface area (Å²) in [5.74, 6) is 0.00990. The lowest BCUT2D eigenvalue weighted by molar-refractivity contribution is -0.0499. The van der Waals surface area contributed by atoms with Crippen LogP contribution < -0.4 is 4.74 Å². The minimum atomic E-state index is -2.90. The monoisotopic (exact) mass is 332 g/mol. The Bertz CT molecular complexity index is 620. The van der Waals surface area contributed by atoms with Crippen LogP contribution in [-0.2, 0) is 6.42 Å². The van der Waals surface area contributed by atoms with Gasteiger partial charge in [-0.05, 0) is 35.4 Å². The van der Waals surface area contributed by atoms with Crippen LogP contribution in [0.25, 0.3) is 0 Å². The van der Waals surface area contributed by atoms with Crippen LogP contribution in [0.15, 0.2) is 42.5 Å². The van der Waals surface area contributed by atoms with Crippen molar-refractivity contribution in [3.63, 3.8) is 0 Å². The van der Waals surface area contributed by atoms with Crippen LogP contribution in [-0.4, -0.2) is 11.7 Å². The summed E-state index contributed by atoms with van der Waals surface area (Å²) in [5, 5.41) is 11.0. The Labute approximate surface area is 130 Å². The molecule has 0 bridgehead atoms. The Morgan fingerprint density at radius 3 is 2.48 bits per heavy atom. The Balaban J connectivity index is 2.12. The van der Waals surface area contributed by atoms with E-state index in [1.54, 1.807) is 30.3 Å². The van der Waals surface area contributed by atoms with Gasteiger partial charge >= 0.3 is 6.61 Å². The Morgan fingerprint density at radius 2 is 1.81 bits per heavy atom. The molecule has 1 N–H and O–H groups in total. The molecule has 0 fully saturated rings. The summed E-state index contributed by atoms with van der Waals surface area (Å²) in [6.45, 7) is -2.90. The number of ether oxygens (including phenoxy) is 1. The van der Waals surface area contributed by atoms with E-state index in [0.29, 0.717) is 15.6 Å². The summed E-state index contributed by atoms with van der Waals surface area (Å²) in [7, 11) is 0. The van der Waals surface area contributed by atoms with Gasteiger partial charge in [-0.2, -0.15) is 8.78 Å². The van der Waals surface area contributed by atoms with Crippen LogP contribution in [0, 0.1) is 0 Å². The molecule has 6 heteroatoms. The third-order valence-electron chi connectivity index (χ3n) is 2.88. The molecule has 0 radical (unpaired) electrons. The van der Waals surface area contributed by atoms with Gasteiger partial charge in [0.05, 0.1) is 16.1 Å². The highest BCUT2D eigenvalue weighted by Crippen LogP contribution is 2.27. The third-order valence-corrected chi connectivity index (χ3v) is 3.62. The van der Waals surface area contributed by atoms with Gasteiger partial charge in [-0.25, -0.2) is 0 Å². The van der Waals surface area contributed by atoms with Crippen molar-refractivity contribution >= 4 is 23.2 Å². The van der Waals surface area contributed by atoms with E-state index < -0.39 is 12.7 Å². The van der Waals surface area contributed by atoms with Crippen LogP contribution in [0.3, 0.4) is 0 Å². The average Bonchev–Trinajstić information content (AvgIpc) is 2.42. The van der Waals surface area contributed by atoms with E-state index in [2.05, 4.69) is 4.74 Å². The fourth-order valence-corrected chi connectivity index (χ4v) is 2.23. The number of aliphatic hydroxyl groups is 1. The van der Waals surface area contributed by atoms with Gasteiger partial charge in [-0.1, -0.05) is 41.4 Å². The van der Waals surface area contributed by atoms with E-state index in [1.165, 1.54) is 12.1 Å². The topological polar surface area (TPSA) is 29.5 Å². The minimum Gasteiger partial charge on any atom is -0.435 e. The largest absolute Gasteiger partial charge is 0.435 e. The molecule has 21 heavy (non-hydrogen) atoms. The highest BCUT2D eigenvalue weighted by Gasteiger charge is 2.12. The van der Waals surface area contributed by atoms with Crippen LogP contribution in [0.4, 0.5) is 8.78 Å². The smallest absolute Gasteiger partial charge is 0.387 e. The average molecular weight is 333 g/mol. The van der Waals surface area contributed by atoms with E-state index in [4.69, 9.17) is 23.2 Å². The summed E-state index contributed by atoms with van der Waals surface area (Å²) in [6.07, 6.45) is -0.571. The molecule has 0 amide bonds. The first kappa shape index (κ1) is 16.0. The maximum Gasteiger partial charge on any atom is 0.387 e. The molecular formula is C15H12Cl2F2O2. The van der Waals surface area contributed by atoms with E-state index in [-0.39, 0.29) is 12.2 Å². The lowest BCUT2D eigenvalue weighted by Gasteiger charge is -2.13. The van der Waals surface area contributed by atoms with E-state index in [9.17, 15) is 13.9 Å². The first-order chi connectivity index (χ1) is 9.95. The molecule has 2 aromatic carbocycles. The van der Waals surface area contributed by atoms with Crippen molar-refractivity contribution in [2.24, 2.45) is 0 Å². The van der Waals surface area contributed by atoms with Gasteiger partial charge in [0.2, 0.25) is 0 Å². The molecule has 2 nitrogen and oxygen atoms in total. The molecule has 0 aliphatic heterocycles. The van der Waals surface area contributed by atoms with Gasteiger partial charge in [0.15, 0.2) is 0 Å². The standard InChI is InChI=1S/C15H12Cl2F2O2/c16-12-5-4-9(6-13(12)17)7-14(20)10-2-1-3-11(8-10)21-15(18)19/h1-6,8,14-15,20H,7H2. The van der Waals surface area contributed by atoms with Crippen molar-refractivity contribution in [2.75, 3.05) is 0 Å². The number of rotatable bonds is 5. The summed E-state index contributed by atoms with van der Waals surface area (Å²) in [5.41, 5.74) is 1.27. The van der Waals surface area contributed by atoms with Crippen molar-refractivity contribution in [3.8, 4) is 5.75 Å². The molecule has 2 aromatic rings. The zero-order valence-corrected chi connectivity index (χ0v) is 12.3. The summed E-state index contributed by atoms with van der Waals surface area (Å²) >= 11 is 11.7. The fourth-order valence-electron chi connectivity index (χ4n) is 1.91. The number of halogens is 4. The molecule has 0 aliphatic rings. The molecular weight excluding hydrogens is 321 g/mol. The lowest BCUT2D eigenvalue weighted by Crippen LogP contribution is -2.05. The number of alkyl halides is 2. The zero-order valence-electron chi connectivity index (χ0n) is 10.8. The quantitative estimate of drug-likeness (QED) is 0.846. The number of hydrogen-bond donors (Lipinski definition) is 1.